The maximum atomic E-state index is 4.82. The number of rotatable bonds is 3. The fourth-order valence-corrected chi connectivity index (χ4v) is 3.32. The highest BCUT2D eigenvalue weighted by Gasteiger charge is 2.10. The van der Waals surface area contributed by atoms with Crippen LogP contribution in [0.4, 0.5) is 0 Å². The Morgan fingerprint density at radius 3 is 2.04 bits per heavy atom. The number of fused-ring (bicyclic) bond motifs is 2. The van der Waals surface area contributed by atoms with Gasteiger partial charge in [-0.1, -0.05) is 74.0 Å². The molecule has 4 rings (SSSR count). The second-order valence-corrected chi connectivity index (χ2v) is 5.97. The third kappa shape index (κ3) is 2.49. The first-order chi connectivity index (χ1) is 11.4. The maximum Gasteiger partial charge on any atom is 0.0715 e. The van der Waals surface area contributed by atoms with E-state index in [2.05, 4.69) is 79.7 Å². The molecule has 0 N–H and O–H groups in total. The van der Waals surface area contributed by atoms with Crippen LogP contribution in [0.25, 0.3) is 32.9 Å². The van der Waals surface area contributed by atoms with Gasteiger partial charge in [-0.2, -0.15) is 0 Å². The summed E-state index contributed by atoms with van der Waals surface area (Å²) in [5.41, 5.74) is 6.09. The molecule has 0 aliphatic carbocycles. The van der Waals surface area contributed by atoms with Crippen LogP contribution in [-0.2, 0) is 6.42 Å². The minimum atomic E-state index is 1.06. The predicted octanol–water partition coefficient (Wildman–Crippen LogP) is 6.01. The SMILES string of the molecule is CCCc1cccc(-c2c3ccccc3nc3ccccc23)c1. The summed E-state index contributed by atoms with van der Waals surface area (Å²) in [6.07, 6.45) is 2.29. The first kappa shape index (κ1) is 14.0. The van der Waals surface area contributed by atoms with Gasteiger partial charge in [-0.3, -0.25) is 0 Å². The second-order valence-electron chi connectivity index (χ2n) is 5.97. The molecule has 1 aromatic heterocycles. The molecule has 0 aliphatic rings. The average Bonchev–Trinajstić information content (AvgIpc) is 2.60. The van der Waals surface area contributed by atoms with Crippen molar-refractivity contribution in [2.75, 3.05) is 0 Å². The van der Waals surface area contributed by atoms with E-state index in [1.165, 1.54) is 33.9 Å². The molecule has 0 spiro atoms. The van der Waals surface area contributed by atoms with Crippen LogP contribution < -0.4 is 0 Å². The molecule has 1 nitrogen and oxygen atoms in total. The van der Waals surface area contributed by atoms with Crippen LogP contribution in [-0.4, -0.2) is 4.98 Å². The molecule has 1 heteroatoms. The van der Waals surface area contributed by atoms with E-state index in [-0.39, 0.29) is 0 Å². The molecule has 0 unspecified atom stereocenters. The highest BCUT2D eigenvalue weighted by molar-refractivity contribution is 6.09. The lowest BCUT2D eigenvalue weighted by Gasteiger charge is -2.12. The molecule has 0 fully saturated rings. The predicted molar refractivity (Wildman–Crippen MR) is 98.7 cm³/mol. The van der Waals surface area contributed by atoms with Crippen molar-refractivity contribution in [3.63, 3.8) is 0 Å². The summed E-state index contributed by atoms with van der Waals surface area (Å²) in [4.78, 5) is 4.82. The largest absolute Gasteiger partial charge is 0.248 e. The van der Waals surface area contributed by atoms with E-state index in [0.29, 0.717) is 0 Å². The first-order valence-corrected chi connectivity index (χ1v) is 8.23. The Bertz CT molecular complexity index is 931. The third-order valence-corrected chi connectivity index (χ3v) is 4.34. The maximum absolute atomic E-state index is 4.82. The van der Waals surface area contributed by atoms with Gasteiger partial charge < -0.3 is 0 Å². The highest BCUT2D eigenvalue weighted by Crippen LogP contribution is 2.35. The van der Waals surface area contributed by atoms with E-state index in [0.717, 1.165) is 17.5 Å². The lowest BCUT2D eigenvalue weighted by atomic mass is 9.94. The second kappa shape index (κ2) is 5.85. The molecule has 0 saturated carbocycles. The normalized spacial score (nSPS) is 11.2. The molecule has 0 aliphatic heterocycles. The van der Waals surface area contributed by atoms with E-state index in [1.807, 2.05) is 0 Å². The van der Waals surface area contributed by atoms with Gasteiger partial charge >= 0.3 is 0 Å². The quantitative estimate of drug-likeness (QED) is 0.422. The van der Waals surface area contributed by atoms with Gasteiger partial charge in [-0.15, -0.1) is 0 Å². The molecule has 0 amide bonds. The molecule has 1 heterocycles. The monoisotopic (exact) mass is 297 g/mol. The summed E-state index contributed by atoms with van der Waals surface area (Å²) in [6, 6.07) is 25.8. The van der Waals surface area contributed by atoms with Gasteiger partial charge in [0.15, 0.2) is 0 Å². The van der Waals surface area contributed by atoms with Crippen LogP contribution in [0.1, 0.15) is 18.9 Å². The molecular formula is C22H19N. The number of aromatic nitrogens is 1. The summed E-state index contributed by atoms with van der Waals surface area (Å²) in [5, 5.41) is 2.44. The topological polar surface area (TPSA) is 12.9 Å². The number of para-hydroxylation sites is 2. The fraction of sp³-hybridized carbons (Fsp3) is 0.136. The molecule has 4 aromatic rings. The molecule has 112 valence electrons. The Hall–Kier alpha value is -2.67. The van der Waals surface area contributed by atoms with Crippen molar-refractivity contribution in [1.82, 2.24) is 4.98 Å². The molecule has 3 aromatic carbocycles. The number of benzene rings is 3. The zero-order chi connectivity index (χ0) is 15.6. The van der Waals surface area contributed by atoms with E-state index >= 15 is 0 Å². The molecule has 0 atom stereocenters. The van der Waals surface area contributed by atoms with Crippen LogP contribution in [0.2, 0.25) is 0 Å². The van der Waals surface area contributed by atoms with Crippen LogP contribution in [0.5, 0.6) is 0 Å². The van der Waals surface area contributed by atoms with Crippen LogP contribution in [0.3, 0.4) is 0 Å². The van der Waals surface area contributed by atoms with Gasteiger partial charge in [0.2, 0.25) is 0 Å². The Kier molecular flexibility index (Phi) is 3.55. The highest BCUT2D eigenvalue weighted by atomic mass is 14.7. The van der Waals surface area contributed by atoms with Gasteiger partial charge in [-0.25, -0.2) is 4.98 Å². The first-order valence-electron chi connectivity index (χ1n) is 8.23. The molecule has 0 radical (unpaired) electrons. The van der Waals surface area contributed by atoms with E-state index < -0.39 is 0 Å². The Morgan fingerprint density at radius 2 is 1.39 bits per heavy atom. The number of pyridine rings is 1. The minimum absolute atomic E-state index is 1.06. The number of hydrogen-bond acceptors (Lipinski definition) is 1. The molecular weight excluding hydrogens is 278 g/mol. The van der Waals surface area contributed by atoms with Gasteiger partial charge in [0, 0.05) is 16.3 Å². The molecule has 0 bridgehead atoms. The molecule has 23 heavy (non-hydrogen) atoms. The summed E-state index contributed by atoms with van der Waals surface area (Å²) in [5.74, 6) is 0. The van der Waals surface area contributed by atoms with E-state index in [9.17, 15) is 0 Å². The van der Waals surface area contributed by atoms with Crippen LogP contribution >= 0.6 is 0 Å². The average molecular weight is 297 g/mol. The van der Waals surface area contributed by atoms with Crippen molar-refractivity contribution in [2.24, 2.45) is 0 Å². The van der Waals surface area contributed by atoms with Crippen LogP contribution in [0, 0.1) is 0 Å². The van der Waals surface area contributed by atoms with Crippen molar-refractivity contribution in [3.05, 3.63) is 78.4 Å². The summed E-state index contributed by atoms with van der Waals surface area (Å²) in [7, 11) is 0. The smallest absolute Gasteiger partial charge is 0.0715 e. The number of hydrogen-bond donors (Lipinski definition) is 0. The summed E-state index contributed by atoms with van der Waals surface area (Å²) < 4.78 is 0. The standard InChI is InChI=1S/C22H19N/c1-2-8-16-9-7-10-17(15-16)22-18-11-3-5-13-20(18)23-21-14-6-4-12-19(21)22/h3-7,9-15H,2,8H2,1H3. The van der Waals surface area contributed by atoms with Crippen molar-refractivity contribution in [2.45, 2.75) is 19.8 Å². The summed E-state index contributed by atoms with van der Waals surface area (Å²) in [6.45, 7) is 2.23. The van der Waals surface area contributed by atoms with Crippen molar-refractivity contribution < 1.29 is 0 Å². The number of nitrogens with zero attached hydrogens (tertiary/aromatic N) is 1. The summed E-state index contributed by atoms with van der Waals surface area (Å²) >= 11 is 0. The van der Waals surface area contributed by atoms with Crippen molar-refractivity contribution >= 4 is 21.8 Å². The lowest BCUT2D eigenvalue weighted by molar-refractivity contribution is 0.922. The Balaban J connectivity index is 2.08. The van der Waals surface area contributed by atoms with Crippen molar-refractivity contribution in [1.29, 1.82) is 0 Å². The van der Waals surface area contributed by atoms with Gasteiger partial charge in [0.05, 0.1) is 11.0 Å². The van der Waals surface area contributed by atoms with E-state index in [1.54, 1.807) is 0 Å². The van der Waals surface area contributed by atoms with Crippen molar-refractivity contribution in [3.8, 4) is 11.1 Å². The van der Waals surface area contributed by atoms with Gasteiger partial charge in [-0.05, 0) is 29.7 Å². The Labute approximate surface area is 136 Å². The molecule has 0 saturated heterocycles. The van der Waals surface area contributed by atoms with Gasteiger partial charge in [0.1, 0.15) is 0 Å². The number of aryl methyl sites for hydroxylation is 1. The zero-order valence-corrected chi connectivity index (χ0v) is 13.3. The van der Waals surface area contributed by atoms with E-state index in [4.69, 9.17) is 4.98 Å². The fourth-order valence-electron chi connectivity index (χ4n) is 3.32. The lowest BCUT2D eigenvalue weighted by Crippen LogP contribution is -1.90. The Morgan fingerprint density at radius 1 is 0.739 bits per heavy atom. The van der Waals surface area contributed by atoms with Gasteiger partial charge in [0.25, 0.3) is 0 Å². The third-order valence-electron chi connectivity index (χ3n) is 4.34. The minimum Gasteiger partial charge on any atom is -0.248 e. The van der Waals surface area contributed by atoms with Crippen LogP contribution in [0.15, 0.2) is 72.8 Å². The zero-order valence-electron chi connectivity index (χ0n) is 13.3.